The molecule has 1 aromatic rings. The van der Waals surface area contributed by atoms with Crippen molar-refractivity contribution in [3.63, 3.8) is 0 Å². The average Bonchev–Trinajstić information content (AvgIpc) is 2.69. The predicted molar refractivity (Wildman–Crippen MR) is 98.6 cm³/mol. The molecule has 128 valence electrons. The van der Waals surface area contributed by atoms with Crippen molar-refractivity contribution in [2.45, 2.75) is 50.8 Å². The van der Waals surface area contributed by atoms with Crippen LogP contribution in [0.4, 0.5) is 0 Å². The summed E-state index contributed by atoms with van der Waals surface area (Å²) >= 11 is 0.0392. The van der Waals surface area contributed by atoms with Crippen molar-refractivity contribution in [3.8, 4) is 0 Å². The number of allylic oxidation sites excluding steroid dienone is 1. The number of carbonyl (C=O) groups excluding carboxylic acids is 2. The zero-order chi connectivity index (χ0) is 17.6. The van der Waals surface area contributed by atoms with E-state index in [4.69, 9.17) is 0 Å². The average molecular weight is 389 g/mol. The van der Waals surface area contributed by atoms with Gasteiger partial charge in [0.2, 0.25) is 0 Å². The van der Waals surface area contributed by atoms with Crippen molar-refractivity contribution in [1.82, 2.24) is 0 Å². The fourth-order valence-corrected chi connectivity index (χ4v) is 7.75. The summed E-state index contributed by atoms with van der Waals surface area (Å²) in [6.45, 7) is 10.5. The van der Waals surface area contributed by atoms with Gasteiger partial charge in [0.25, 0.3) is 0 Å². The molecule has 0 N–H and O–H groups in total. The van der Waals surface area contributed by atoms with E-state index in [0.717, 1.165) is 0 Å². The Bertz CT molecular complexity index is 678. The molecule has 2 aliphatic carbocycles. The van der Waals surface area contributed by atoms with Gasteiger partial charge in [-0.2, -0.15) is 0 Å². The number of Topliss-reactive ketones (excluding diaryl/α,β-unsaturated/α-hetero) is 2. The van der Waals surface area contributed by atoms with Crippen LogP contribution in [0.15, 0.2) is 43.0 Å². The first-order chi connectivity index (χ1) is 11.2. The molecule has 3 atom stereocenters. The van der Waals surface area contributed by atoms with Crippen LogP contribution in [0.25, 0.3) is 0 Å². The van der Waals surface area contributed by atoms with Crippen LogP contribution in [0.1, 0.15) is 46.5 Å². The van der Waals surface area contributed by atoms with Crippen LogP contribution in [0.3, 0.4) is 0 Å². The number of carbonyl (C=O) groups is 2. The molecule has 1 unspecified atom stereocenters. The molecule has 3 rings (SSSR count). The van der Waals surface area contributed by atoms with Gasteiger partial charge in [0.05, 0.1) is 0 Å². The Hall–Kier alpha value is -1.18. The quantitative estimate of drug-likeness (QED) is 0.583. The number of hydrogen-bond acceptors (Lipinski definition) is 2. The number of benzene rings is 1. The van der Waals surface area contributed by atoms with Gasteiger partial charge in [-0.1, -0.05) is 0 Å². The van der Waals surface area contributed by atoms with Crippen molar-refractivity contribution >= 4 is 31.0 Å². The van der Waals surface area contributed by atoms with E-state index in [2.05, 4.69) is 39.5 Å². The van der Waals surface area contributed by atoms with Crippen LogP contribution in [0, 0.1) is 16.7 Å². The summed E-state index contributed by atoms with van der Waals surface area (Å²) in [4.78, 5) is 25.8. The molecule has 2 aliphatic rings. The van der Waals surface area contributed by atoms with Gasteiger partial charge in [-0.15, -0.1) is 0 Å². The molecule has 1 spiro atoms. The molecule has 2 fully saturated rings. The minimum atomic E-state index is -0.399. The summed E-state index contributed by atoms with van der Waals surface area (Å²) in [5.74, 6) is 0.841. The molecule has 0 aliphatic heterocycles. The van der Waals surface area contributed by atoms with Gasteiger partial charge in [-0.25, -0.2) is 0 Å². The van der Waals surface area contributed by atoms with Crippen LogP contribution in [-0.4, -0.2) is 26.5 Å². The third-order valence-electron chi connectivity index (χ3n) is 5.97. The van der Waals surface area contributed by atoms with Crippen LogP contribution >= 0.6 is 0 Å². The second kappa shape index (κ2) is 5.96. The topological polar surface area (TPSA) is 34.1 Å². The second-order valence-corrected chi connectivity index (χ2v) is 11.5. The van der Waals surface area contributed by atoms with E-state index in [1.807, 2.05) is 24.3 Å². The first-order valence-electron chi connectivity index (χ1n) is 8.67. The fraction of sp³-hybridized carbons (Fsp3) is 0.524. The van der Waals surface area contributed by atoms with Gasteiger partial charge in [0, 0.05) is 0 Å². The molecule has 3 heteroatoms. The van der Waals surface area contributed by atoms with E-state index in [9.17, 15) is 9.59 Å². The molecule has 0 heterocycles. The molecule has 2 saturated carbocycles. The SMILES string of the molecule is C=C[C@H]1C(C)(C)CC(=O)[C@]12CCC(=O)C(C)([Se]c1ccccc1)C2. The van der Waals surface area contributed by atoms with E-state index < -0.39 is 4.31 Å². The molecule has 0 aromatic heterocycles. The zero-order valence-electron chi connectivity index (χ0n) is 14.8. The predicted octanol–water partition coefficient (Wildman–Crippen LogP) is 3.74. The molecular weight excluding hydrogens is 363 g/mol. The van der Waals surface area contributed by atoms with Crippen LogP contribution in [0.2, 0.25) is 4.31 Å². The second-order valence-electron chi connectivity index (χ2n) is 8.20. The number of ketones is 2. The summed E-state index contributed by atoms with van der Waals surface area (Å²) in [5, 5.41) is 0. The Balaban J connectivity index is 1.97. The summed E-state index contributed by atoms with van der Waals surface area (Å²) in [7, 11) is 0. The summed E-state index contributed by atoms with van der Waals surface area (Å²) in [6.07, 6.45) is 4.50. The van der Waals surface area contributed by atoms with Crippen molar-refractivity contribution < 1.29 is 9.59 Å². The van der Waals surface area contributed by atoms with Gasteiger partial charge in [0.15, 0.2) is 0 Å². The summed E-state index contributed by atoms with van der Waals surface area (Å²) in [6, 6.07) is 10.3. The molecule has 2 nitrogen and oxygen atoms in total. The van der Waals surface area contributed by atoms with Crippen molar-refractivity contribution in [3.05, 3.63) is 43.0 Å². The molecule has 0 radical (unpaired) electrons. The monoisotopic (exact) mass is 390 g/mol. The Morgan fingerprint density at radius 1 is 1.12 bits per heavy atom. The Kier molecular flexibility index (Phi) is 4.38. The van der Waals surface area contributed by atoms with E-state index in [1.54, 1.807) is 0 Å². The Morgan fingerprint density at radius 3 is 2.42 bits per heavy atom. The standard InChI is InChI=1S/C21H26O2Se/c1-5-16-19(2,3)13-18(23)21(16)12-11-17(22)20(4,14-21)24-15-9-7-6-8-10-15/h5-10,16H,1,11-14H2,2-4H3/t16-,20?,21-/m0/s1. The molecule has 0 bridgehead atoms. The van der Waals surface area contributed by atoms with Crippen LogP contribution in [-0.2, 0) is 9.59 Å². The Morgan fingerprint density at radius 2 is 1.79 bits per heavy atom. The normalized spacial score (nSPS) is 35.4. The van der Waals surface area contributed by atoms with Gasteiger partial charge in [-0.05, 0) is 0 Å². The van der Waals surface area contributed by atoms with Gasteiger partial charge >= 0.3 is 151 Å². The number of hydrogen-bond donors (Lipinski definition) is 0. The Labute approximate surface area is 151 Å². The first kappa shape index (κ1) is 17.6. The van der Waals surface area contributed by atoms with E-state index in [1.165, 1.54) is 4.46 Å². The van der Waals surface area contributed by atoms with E-state index in [0.29, 0.717) is 37.2 Å². The summed E-state index contributed by atoms with van der Waals surface area (Å²) in [5.41, 5.74) is -0.440. The van der Waals surface area contributed by atoms with Crippen LogP contribution in [0.5, 0.6) is 0 Å². The first-order valence-corrected chi connectivity index (χ1v) is 10.4. The molecule has 0 amide bonds. The molecule has 24 heavy (non-hydrogen) atoms. The summed E-state index contributed by atoms with van der Waals surface area (Å²) < 4.78 is 0.835. The third kappa shape index (κ3) is 2.72. The van der Waals surface area contributed by atoms with Crippen molar-refractivity contribution in [2.75, 3.05) is 0 Å². The minimum absolute atomic E-state index is 0.0392. The van der Waals surface area contributed by atoms with Crippen molar-refractivity contribution in [2.24, 2.45) is 16.7 Å². The maximum absolute atomic E-state index is 13.0. The third-order valence-corrected chi connectivity index (χ3v) is 8.76. The van der Waals surface area contributed by atoms with Gasteiger partial charge < -0.3 is 0 Å². The van der Waals surface area contributed by atoms with E-state index in [-0.39, 0.29) is 31.7 Å². The van der Waals surface area contributed by atoms with Gasteiger partial charge in [-0.3, -0.25) is 0 Å². The van der Waals surface area contributed by atoms with E-state index >= 15 is 0 Å². The molecular formula is C21H26O2Se. The molecule has 0 saturated heterocycles. The van der Waals surface area contributed by atoms with Crippen molar-refractivity contribution in [1.29, 1.82) is 0 Å². The fourth-order valence-electron chi connectivity index (χ4n) is 4.90. The number of rotatable bonds is 3. The van der Waals surface area contributed by atoms with Gasteiger partial charge in [0.1, 0.15) is 0 Å². The maximum atomic E-state index is 13.0. The molecule has 1 aromatic carbocycles. The zero-order valence-corrected chi connectivity index (χ0v) is 16.5. The van der Waals surface area contributed by atoms with Crippen LogP contribution < -0.4 is 4.46 Å².